The highest BCUT2D eigenvalue weighted by Gasteiger charge is 2.22. The number of carbonyl (C=O) groups excluding carboxylic acids is 1. The maximum Gasteiger partial charge on any atom is 0.192 e. The molecule has 94 valence electrons. The van der Waals surface area contributed by atoms with Gasteiger partial charge in [0, 0.05) is 12.5 Å². The molecule has 0 aliphatic carbocycles. The van der Waals surface area contributed by atoms with E-state index < -0.39 is 0 Å². The molecule has 0 bridgehead atoms. The Balaban J connectivity index is 1.90. The molecule has 4 heteroatoms. The number of benzene rings is 1. The fourth-order valence-corrected chi connectivity index (χ4v) is 2.47. The van der Waals surface area contributed by atoms with Gasteiger partial charge in [0.05, 0.1) is 6.04 Å². The smallest absolute Gasteiger partial charge is 0.192 e. The van der Waals surface area contributed by atoms with Crippen molar-refractivity contribution in [3.05, 3.63) is 29.7 Å². The van der Waals surface area contributed by atoms with Crippen LogP contribution in [0.25, 0.3) is 11.1 Å². The van der Waals surface area contributed by atoms with Crippen molar-refractivity contribution in [2.75, 3.05) is 6.54 Å². The van der Waals surface area contributed by atoms with Crippen LogP contribution in [-0.2, 0) is 0 Å². The number of rotatable bonds is 2. The predicted octanol–water partition coefficient (Wildman–Crippen LogP) is 2.46. The Kier molecular flexibility index (Phi) is 2.88. The number of carbonyl (C=O) groups is 1. The number of oxazole rings is 1. The maximum atomic E-state index is 12.3. The second-order valence-electron chi connectivity index (χ2n) is 4.78. The number of nitrogens with one attached hydrogen (secondary N) is 1. The summed E-state index contributed by atoms with van der Waals surface area (Å²) in [7, 11) is 0. The van der Waals surface area contributed by atoms with E-state index in [1.807, 2.05) is 19.1 Å². The van der Waals surface area contributed by atoms with E-state index >= 15 is 0 Å². The fraction of sp³-hybridized carbons (Fsp3) is 0.429. The van der Waals surface area contributed by atoms with E-state index in [0.29, 0.717) is 17.0 Å². The summed E-state index contributed by atoms with van der Waals surface area (Å²) < 4.78 is 5.46. The number of ketones is 1. The topological polar surface area (TPSA) is 55.1 Å². The highest BCUT2D eigenvalue weighted by Crippen LogP contribution is 2.19. The highest BCUT2D eigenvalue weighted by molar-refractivity contribution is 6.02. The summed E-state index contributed by atoms with van der Waals surface area (Å²) in [4.78, 5) is 16.6. The van der Waals surface area contributed by atoms with Crippen molar-refractivity contribution in [1.82, 2.24) is 10.3 Å². The molecule has 1 aliphatic heterocycles. The standard InChI is InChI=1S/C14H16N2O2/c1-9-16-11-6-5-10(8-13(11)18-9)14(17)12-4-2-3-7-15-12/h5-6,8,12,15H,2-4,7H2,1H3. The summed E-state index contributed by atoms with van der Waals surface area (Å²) in [5.74, 6) is 0.788. The van der Waals surface area contributed by atoms with Crippen LogP contribution in [0.3, 0.4) is 0 Å². The summed E-state index contributed by atoms with van der Waals surface area (Å²) in [6, 6.07) is 5.44. The number of hydrogen-bond donors (Lipinski definition) is 1. The van der Waals surface area contributed by atoms with Gasteiger partial charge >= 0.3 is 0 Å². The molecule has 4 nitrogen and oxygen atoms in total. The lowest BCUT2D eigenvalue weighted by Gasteiger charge is -2.22. The fourth-order valence-electron chi connectivity index (χ4n) is 2.47. The zero-order valence-corrected chi connectivity index (χ0v) is 10.4. The molecule has 1 aliphatic rings. The van der Waals surface area contributed by atoms with Crippen molar-refractivity contribution in [3.63, 3.8) is 0 Å². The SMILES string of the molecule is Cc1nc2ccc(C(=O)C3CCCCN3)cc2o1. The number of aryl methyl sites for hydroxylation is 1. The van der Waals surface area contributed by atoms with Crippen LogP contribution in [0, 0.1) is 6.92 Å². The van der Waals surface area contributed by atoms with Crippen LogP contribution in [0.1, 0.15) is 35.5 Å². The molecule has 0 spiro atoms. The van der Waals surface area contributed by atoms with E-state index in [-0.39, 0.29) is 11.8 Å². The zero-order chi connectivity index (χ0) is 12.5. The van der Waals surface area contributed by atoms with E-state index in [0.717, 1.165) is 31.3 Å². The van der Waals surface area contributed by atoms with Gasteiger partial charge in [0.2, 0.25) is 0 Å². The molecule has 1 N–H and O–H groups in total. The lowest BCUT2D eigenvalue weighted by Crippen LogP contribution is -2.40. The Morgan fingerprint density at radius 1 is 1.44 bits per heavy atom. The van der Waals surface area contributed by atoms with Crippen LogP contribution >= 0.6 is 0 Å². The molecule has 3 rings (SSSR count). The number of fused-ring (bicyclic) bond motifs is 1. The Bertz CT molecular complexity index is 582. The first-order valence-electron chi connectivity index (χ1n) is 6.39. The maximum absolute atomic E-state index is 12.3. The van der Waals surface area contributed by atoms with E-state index in [1.165, 1.54) is 0 Å². The zero-order valence-electron chi connectivity index (χ0n) is 10.4. The molecule has 1 unspecified atom stereocenters. The Morgan fingerprint density at radius 2 is 2.33 bits per heavy atom. The van der Waals surface area contributed by atoms with Crippen LogP contribution in [-0.4, -0.2) is 23.4 Å². The number of hydrogen-bond acceptors (Lipinski definition) is 4. The molecular weight excluding hydrogens is 228 g/mol. The average Bonchev–Trinajstić information content (AvgIpc) is 2.78. The first-order valence-corrected chi connectivity index (χ1v) is 6.39. The number of piperidine rings is 1. The van der Waals surface area contributed by atoms with E-state index in [2.05, 4.69) is 10.3 Å². The Labute approximate surface area is 105 Å². The second-order valence-corrected chi connectivity index (χ2v) is 4.78. The predicted molar refractivity (Wildman–Crippen MR) is 68.7 cm³/mol. The van der Waals surface area contributed by atoms with E-state index in [4.69, 9.17) is 4.42 Å². The summed E-state index contributed by atoms with van der Waals surface area (Å²) in [5.41, 5.74) is 2.20. The van der Waals surface area contributed by atoms with Crippen molar-refractivity contribution in [3.8, 4) is 0 Å². The largest absolute Gasteiger partial charge is 0.441 e. The third-order valence-electron chi connectivity index (χ3n) is 3.41. The number of aromatic nitrogens is 1. The average molecular weight is 244 g/mol. The third-order valence-corrected chi connectivity index (χ3v) is 3.41. The Morgan fingerprint density at radius 3 is 3.11 bits per heavy atom. The van der Waals surface area contributed by atoms with Gasteiger partial charge in [-0.1, -0.05) is 6.42 Å². The lowest BCUT2D eigenvalue weighted by atomic mass is 9.96. The van der Waals surface area contributed by atoms with Gasteiger partial charge in [-0.2, -0.15) is 0 Å². The molecule has 1 aromatic carbocycles. The van der Waals surface area contributed by atoms with Crippen molar-refractivity contribution < 1.29 is 9.21 Å². The van der Waals surface area contributed by atoms with Gasteiger partial charge in [0.25, 0.3) is 0 Å². The van der Waals surface area contributed by atoms with Gasteiger partial charge in [-0.25, -0.2) is 4.98 Å². The highest BCUT2D eigenvalue weighted by atomic mass is 16.3. The van der Waals surface area contributed by atoms with E-state index in [1.54, 1.807) is 6.07 Å². The van der Waals surface area contributed by atoms with Gasteiger partial charge in [-0.3, -0.25) is 4.79 Å². The van der Waals surface area contributed by atoms with Gasteiger partial charge in [0.1, 0.15) is 5.52 Å². The molecular formula is C14H16N2O2. The first kappa shape index (κ1) is 11.4. The summed E-state index contributed by atoms with van der Waals surface area (Å²) in [6.07, 6.45) is 3.20. The molecule has 2 aromatic rings. The van der Waals surface area contributed by atoms with Crippen molar-refractivity contribution in [2.45, 2.75) is 32.2 Å². The number of Topliss-reactive ketones (excluding diaryl/α,β-unsaturated/α-hetero) is 1. The minimum absolute atomic E-state index is 0.0415. The second kappa shape index (κ2) is 4.53. The molecule has 1 saturated heterocycles. The van der Waals surface area contributed by atoms with Gasteiger partial charge in [-0.05, 0) is 37.6 Å². The minimum Gasteiger partial charge on any atom is -0.441 e. The van der Waals surface area contributed by atoms with Gasteiger partial charge in [-0.15, -0.1) is 0 Å². The lowest BCUT2D eigenvalue weighted by molar-refractivity contribution is 0.0927. The molecule has 1 aromatic heterocycles. The summed E-state index contributed by atoms with van der Waals surface area (Å²) >= 11 is 0. The molecule has 1 atom stereocenters. The molecule has 0 amide bonds. The van der Waals surface area contributed by atoms with Crippen LogP contribution in [0.2, 0.25) is 0 Å². The summed E-state index contributed by atoms with van der Waals surface area (Å²) in [6.45, 7) is 2.74. The van der Waals surface area contributed by atoms with Gasteiger partial charge < -0.3 is 9.73 Å². The monoisotopic (exact) mass is 244 g/mol. The molecule has 18 heavy (non-hydrogen) atoms. The van der Waals surface area contributed by atoms with Crippen LogP contribution in [0.5, 0.6) is 0 Å². The molecule has 1 fully saturated rings. The molecule has 0 radical (unpaired) electrons. The molecule has 0 saturated carbocycles. The quantitative estimate of drug-likeness (QED) is 0.824. The van der Waals surface area contributed by atoms with Crippen molar-refractivity contribution >= 4 is 16.9 Å². The molecule has 2 heterocycles. The van der Waals surface area contributed by atoms with Crippen molar-refractivity contribution in [1.29, 1.82) is 0 Å². The van der Waals surface area contributed by atoms with Crippen molar-refractivity contribution in [2.24, 2.45) is 0 Å². The normalized spacial score (nSPS) is 20.2. The third kappa shape index (κ3) is 2.04. The first-order chi connectivity index (χ1) is 8.74. The van der Waals surface area contributed by atoms with Crippen LogP contribution < -0.4 is 5.32 Å². The van der Waals surface area contributed by atoms with Crippen LogP contribution in [0.4, 0.5) is 0 Å². The Hall–Kier alpha value is -1.68. The number of nitrogens with zero attached hydrogens (tertiary/aromatic N) is 1. The minimum atomic E-state index is -0.0415. The summed E-state index contributed by atoms with van der Waals surface area (Å²) in [5, 5.41) is 3.27. The van der Waals surface area contributed by atoms with Crippen LogP contribution in [0.15, 0.2) is 22.6 Å². The van der Waals surface area contributed by atoms with Gasteiger partial charge in [0.15, 0.2) is 17.3 Å². The van der Waals surface area contributed by atoms with E-state index in [9.17, 15) is 4.79 Å².